The van der Waals surface area contributed by atoms with Crippen molar-refractivity contribution in [2.75, 3.05) is 25.0 Å². The second-order valence-electron chi connectivity index (χ2n) is 8.66. The molecule has 0 saturated heterocycles. The van der Waals surface area contributed by atoms with Crippen molar-refractivity contribution >= 4 is 23.5 Å². The maximum absolute atomic E-state index is 12.7. The highest BCUT2D eigenvalue weighted by atomic mass is 16.5. The molecular formula is C27H35N3O4. The summed E-state index contributed by atoms with van der Waals surface area (Å²) in [6.45, 7) is 6.11. The van der Waals surface area contributed by atoms with Crippen molar-refractivity contribution in [3.63, 3.8) is 0 Å². The van der Waals surface area contributed by atoms with Crippen LogP contribution in [0.5, 0.6) is 0 Å². The Morgan fingerprint density at radius 2 is 1.85 bits per heavy atom. The Labute approximate surface area is 202 Å². The Morgan fingerprint density at radius 1 is 1.09 bits per heavy atom. The standard InChI is InChI=1S/C27H35N3O4/c1-3-15-30(27(32)29-23-11-5-4-6-12-23)16-17-33-24-13-8-14-25(18-24)34-19-22-10-7-9-21(2)26(22)28-20-31/h4-7,9-12,24-25H,3,8,13-19H2,1-2H3,(H,29,32)/t24-,25+/m0/s1. The smallest absolute Gasteiger partial charge is 0.321 e. The number of ether oxygens (including phenoxy) is 2. The van der Waals surface area contributed by atoms with E-state index in [-0.39, 0.29) is 18.2 Å². The second kappa shape index (κ2) is 13.7. The minimum Gasteiger partial charge on any atom is -0.376 e. The van der Waals surface area contributed by atoms with E-state index in [1.165, 1.54) is 0 Å². The van der Waals surface area contributed by atoms with Crippen molar-refractivity contribution in [2.45, 2.75) is 64.8 Å². The summed E-state index contributed by atoms with van der Waals surface area (Å²) in [7, 11) is 0. The molecule has 2 aromatic rings. The molecule has 7 nitrogen and oxygen atoms in total. The monoisotopic (exact) mass is 465 g/mol. The van der Waals surface area contributed by atoms with Gasteiger partial charge in [0.25, 0.3) is 0 Å². The fourth-order valence-electron chi connectivity index (χ4n) is 4.29. The normalized spacial score (nSPS) is 17.6. The number of para-hydroxylation sites is 2. The van der Waals surface area contributed by atoms with Gasteiger partial charge >= 0.3 is 6.03 Å². The summed E-state index contributed by atoms with van der Waals surface area (Å²) in [5.41, 5.74) is 3.26. The quantitative estimate of drug-likeness (QED) is 0.338. The van der Waals surface area contributed by atoms with Gasteiger partial charge in [-0.2, -0.15) is 4.99 Å². The number of nitrogens with one attached hydrogen (secondary N) is 1. The van der Waals surface area contributed by atoms with Crippen molar-refractivity contribution < 1.29 is 19.1 Å². The minimum atomic E-state index is -0.103. The molecule has 0 heterocycles. The van der Waals surface area contributed by atoms with Crippen LogP contribution in [0.3, 0.4) is 0 Å². The SMILES string of the molecule is CCCN(CCO[C@H]1CCC[C@@H](OCc2cccc(C)c2N=C=O)C1)C(=O)Nc1ccccc1. The number of hydrogen-bond donors (Lipinski definition) is 1. The van der Waals surface area contributed by atoms with Gasteiger partial charge in [-0.25, -0.2) is 9.59 Å². The zero-order valence-electron chi connectivity index (χ0n) is 20.2. The Balaban J connectivity index is 1.45. The predicted molar refractivity (Wildman–Crippen MR) is 133 cm³/mol. The summed E-state index contributed by atoms with van der Waals surface area (Å²) in [4.78, 5) is 29.1. The van der Waals surface area contributed by atoms with E-state index in [0.717, 1.165) is 48.9 Å². The zero-order valence-corrected chi connectivity index (χ0v) is 20.2. The molecule has 1 saturated carbocycles. The van der Waals surface area contributed by atoms with Crippen LogP contribution in [0, 0.1) is 6.92 Å². The number of isocyanates is 1. The highest BCUT2D eigenvalue weighted by Crippen LogP contribution is 2.28. The average Bonchev–Trinajstić information content (AvgIpc) is 2.85. The molecule has 7 heteroatoms. The maximum atomic E-state index is 12.7. The maximum Gasteiger partial charge on any atom is 0.321 e. The summed E-state index contributed by atoms with van der Waals surface area (Å²) in [5, 5.41) is 2.95. The van der Waals surface area contributed by atoms with Gasteiger partial charge in [-0.05, 0) is 56.7 Å². The molecule has 1 aliphatic carbocycles. The molecule has 0 aromatic heterocycles. The molecule has 0 bridgehead atoms. The van der Waals surface area contributed by atoms with Crippen LogP contribution in [-0.4, -0.2) is 48.9 Å². The number of aliphatic imine (C=N–C) groups is 1. The summed E-state index contributed by atoms with van der Waals surface area (Å²) >= 11 is 0. The Kier molecular flexibility index (Phi) is 10.3. The lowest BCUT2D eigenvalue weighted by Crippen LogP contribution is -2.39. The van der Waals surface area contributed by atoms with Crippen molar-refractivity contribution in [2.24, 2.45) is 4.99 Å². The molecule has 2 atom stereocenters. The molecule has 0 aliphatic heterocycles. The first-order chi connectivity index (χ1) is 16.6. The van der Waals surface area contributed by atoms with Crippen LogP contribution in [0.4, 0.5) is 16.2 Å². The molecule has 34 heavy (non-hydrogen) atoms. The fraction of sp³-hybridized carbons (Fsp3) is 0.481. The molecule has 2 amide bonds. The van der Waals surface area contributed by atoms with Crippen molar-refractivity contribution in [3.8, 4) is 0 Å². The first kappa shape index (κ1) is 25.6. The molecule has 0 unspecified atom stereocenters. The van der Waals surface area contributed by atoms with Crippen LogP contribution in [0.25, 0.3) is 0 Å². The number of benzene rings is 2. The van der Waals surface area contributed by atoms with Gasteiger partial charge in [0.15, 0.2) is 0 Å². The fourth-order valence-corrected chi connectivity index (χ4v) is 4.29. The number of hydrogen-bond acceptors (Lipinski definition) is 5. The van der Waals surface area contributed by atoms with Crippen molar-refractivity contribution in [1.29, 1.82) is 0 Å². The number of carbonyl (C=O) groups excluding carboxylic acids is 2. The van der Waals surface area contributed by atoms with Crippen molar-refractivity contribution in [1.82, 2.24) is 4.90 Å². The number of anilines is 1. The van der Waals surface area contributed by atoms with Gasteiger partial charge < -0.3 is 19.7 Å². The van der Waals surface area contributed by atoms with Crippen LogP contribution in [0.2, 0.25) is 0 Å². The number of amides is 2. The van der Waals surface area contributed by atoms with E-state index in [1.807, 2.05) is 55.5 Å². The third kappa shape index (κ3) is 7.80. The lowest BCUT2D eigenvalue weighted by atomic mass is 9.95. The van der Waals surface area contributed by atoms with E-state index >= 15 is 0 Å². The molecule has 3 rings (SSSR count). The minimum absolute atomic E-state index is 0.0976. The van der Waals surface area contributed by atoms with E-state index in [9.17, 15) is 9.59 Å². The van der Waals surface area contributed by atoms with Gasteiger partial charge in [0.2, 0.25) is 6.08 Å². The van der Waals surface area contributed by atoms with Crippen molar-refractivity contribution in [3.05, 3.63) is 59.7 Å². The number of carbonyl (C=O) groups is 1. The highest BCUT2D eigenvalue weighted by molar-refractivity contribution is 5.89. The second-order valence-corrected chi connectivity index (χ2v) is 8.66. The van der Waals surface area contributed by atoms with E-state index in [0.29, 0.717) is 32.0 Å². The van der Waals surface area contributed by atoms with Crippen LogP contribution in [0.1, 0.15) is 50.2 Å². The zero-order chi connectivity index (χ0) is 24.2. The third-order valence-electron chi connectivity index (χ3n) is 6.05. The average molecular weight is 466 g/mol. The lowest BCUT2D eigenvalue weighted by Gasteiger charge is -2.30. The number of rotatable bonds is 11. The summed E-state index contributed by atoms with van der Waals surface area (Å²) in [6, 6.07) is 15.2. The highest BCUT2D eigenvalue weighted by Gasteiger charge is 2.24. The Morgan fingerprint density at radius 3 is 2.59 bits per heavy atom. The van der Waals surface area contributed by atoms with Crippen LogP contribution in [0.15, 0.2) is 53.5 Å². The topological polar surface area (TPSA) is 80.2 Å². The van der Waals surface area contributed by atoms with E-state index in [4.69, 9.17) is 9.47 Å². The van der Waals surface area contributed by atoms with E-state index in [2.05, 4.69) is 17.2 Å². The van der Waals surface area contributed by atoms with Gasteiger partial charge in [-0.1, -0.05) is 43.3 Å². The molecule has 2 aromatic carbocycles. The molecule has 1 aliphatic rings. The summed E-state index contributed by atoms with van der Waals surface area (Å²) < 4.78 is 12.3. The first-order valence-corrected chi connectivity index (χ1v) is 12.1. The van der Waals surface area contributed by atoms with Gasteiger partial charge in [0, 0.05) is 24.3 Å². The molecular weight excluding hydrogens is 430 g/mol. The molecule has 1 fully saturated rings. The van der Waals surface area contributed by atoms with Crippen LogP contribution < -0.4 is 5.32 Å². The molecule has 1 N–H and O–H groups in total. The number of nitrogens with zero attached hydrogens (tertiary/aromatic N) is 2. The largest absolute Gasteiger partial charge is 0.376 e. The Hall–Kier alpha value is -2.99. The van der Waals surface area contributed by atoms with Crippen LogP contribution in [-0.2, 0) is 20.9 Å². The molecule has 0 spiro atoms. The van der Waals surface area contributed by atoms with E-state index in [1.54, 1.807) is 11.0 Å². The van der Waals surface area contributed by atoms with Crippen LogP contribution >= 0.6 is 0 Å². The van der Waals surface area contributed by atoms with Gasteiger partial charge in [0.1, 0.15) is 0 Å². The number of aryl methyl sites for hydroxylation is 1. The molecule has 0 radical (unpaired) electrons. The third-order valence-corrected chi connectivity index (χ3v) is 6.05. The summed E-state index contributed by atoms with van der Waals surface area (Å²) in [6.07, 6.45) is 6.58. The summed E-state index contributed by atoms with van der Waals surface area (Å²) in [5.74, 6) is 0. The number of urea groups is 1. The first-order valence-electron chi connectivity index (χ1n) is 12.1. The van der Waals surface area contributed by atoms with E-state index < -0.39 is 0 Å². The predicted octanol–water partition coefficient (Wildman–Crippen LogP) is 5.75. The lowest BCUT2D eigenvalue weighted by molar-refractivity contribution is -0.0520. The van der Waals surface area contributed by atoms with Gasteiger partial charge in [-0.3, -0.25) is 0 Å². The molecule has 182 valence electrons. The van der Waals surface area contributed by atoms with Gasteiger partial charge in [0.05, 0.1) is 31.1 Å². The Bertz CT molecular complexity index is 960. The van der Waals surface area contributed by atoms with Gasteiger partial charge in [-0.15, -0.1) is 0 Å².